The highest BCUT2D eigenvalue weighted by molar-refractivity contribution is 6.34. The molecule has 0 aliphatic heterocycles. The Hall–Kier alpha value is -1.42. The third-order valence-corrected chi connectivity index (χ3v) is 4.41. The molecule has 1 aliphatic rings. The van der Waals surface area contributed by atoms with Gasteiger partial charge in [0.1, 0.15) is 0 Å². The monoisotopic (exact) mass is 281 g/mol. The molecule has 1 saturated carbocycles. The molecule has 1 aromatic carbocycles. The fourth-order valence-electron chi connectivity index (χ4n) is 2.38. The van der Waals surface area contributed by atoms with Crippen molar-refractivity contribution in [2.75, 3.05) is 17.6 Å². The lowest BCUT2D eigenvalue weighted by molar-refractivity contribution is 0.100. The summed E-state index contributed by atoms with van der Waals surface area (Å²) in [5, 5.41) is 3.72. The summed E-state index contributed by atoms with van der Waals surface area (Å²) >= 11 is 6.16. The second kappa shape index (κ2) is 4.93. The van der Waals surface area contributed by atoms with E-state index in [1.165, 1.54) is 12.8 Å². The Morgan fingerprint density at radius 1 is 1.47 bits per heavy atom. The minimum Gasteiger partial charge on any atom is -0.399 e. The summed E-state index contributed by atoms with van der Waals surface area (Å²) in [4.78, 5) is 11.5. The summed E-state index contributed by atoms with van der Waals surface area (Å²) in [5.74, 6) is 0.0793. The minimum absolute atomic E-state index is 0.319. The van der Waals surface area contributed by atoms with E-state index in [0.29, 0.717) is 33.3 Å². The van der Waals surface area contributed by atoms with Gasteiger partial charge in [-0.1, -0.05) is 25.4 Å². The van der Waals surface area contributed by atoms with Gasteiger partial charge in [0.25, 0.3) is 5.91 Å². The smallest absolute Gasteiger partial charge is 0.250 e. The molecule has 1 fully saturated rings. The van der Waals surface area contributed by atoms with Crippen LogP contribution in [0.4, 0.5) is 11.4 Å². The van der Waals surface area contributed by atoms with Crippen molar-refractivity contribution in [2.45, 2.75) is 26.7 Å². The zero-order chi connectivity index (χ0) is 14.2. The number of nitrogen functional groups attached to an aromatic ring is 1. The molecule has 0 bridgehead atoms. The van der Waals surface area contributed by atoms with Gasteiger partial charge >= 0.3 is 0 Å². The van der Waals surface area contributed by atoms with Crippen LogP contribution >= 0.6 is 11.6 Å². The van der Waals surface area contributed by atoms with Crippen LogP contribution in [0.5, 0.6) is 0 Å². The van der Waals surface area contributed by atoms with E-state index in [1.54, 1.807) is 12.1 Å². The van der Waals surface area contributed by atoms with Crippen LogP contribution in [0, 0.1) is 11.3 Å². The van der Waals surface area contributed by atoms with Crippen molar-refractivity contribution in [1.29, 1.82) is 0 Å². The van der Waals surface area contributed by atoms with Crippen molar-refractivity contribution >= 4 is 28.9 Å². The van der Waals surface area contributed by atoms with E-state index in [9.17, 15) is 4.79 Å². The first-order valence-corrected chi connectivity index (χ1v) is 6.86. The normalized spacial score (nSPS) is 16.4. The minimum atomic E-state index is -0.522. The van der Waals surface area contributed by atoms with Crippen molar-refractivity contribution in [1.82, 2.24) is 0 Å². The van der Waals surface area contributed by atoms with Gasteiger partial charge in [-0.3, -0.25) is 4.79 Å². The fraction of sp³-hybridized carbons (Fsp3) is 0.500. The quantitative estimate of drug-likeness (QED) is 0.726. The average molecular weight is 282 g/mol. The molecule has 5 N–H and O–H groups in total. The first-order chi connectivity index (χ1) is 8.85. The maximum atomic E-state index is 11.5. The van der Waals surface area contributed by atoms with Gasteiger partial charge in [-0.2, -0.15) is 0 Å². The van der Waals surface area contributed by atoms with Crippen LogP contribution in [0.2, 0.25) is 5.02 Å². The number of amides is 1. The average Bonchev–Trinajstić information content (AvgIpc) is 3.07. The van der Waals surface area contributed by atoms with Gasteiger partial charge in [0.2, 0.25) is 0 Å². The summed E-state index contributed by atoms with van der Waals surface area (Å²) in [5.41, 5.74) is 12.8. The summed E-state index contributed by atoms with van der Waals surface area (Å²) in [6.45, 7) is 5.23. The molecular weight excluding hydrogens is 262 g/mol. The predicted octanol–water partition coefficient (Wildman–Crippen LogP) is 2.87. The maximum Gasteiger partial charge on any atom is 0.250 e. The highest BCUT2D eigenvalue weighted by Crippen LogP contribution is 2.52. The number of rotatable bonds is 5. The lowest BCUT2D eigenvalue weighted by Crippen LogP contribution is -2.23. The molecule has 5 heteroatoms. The van der Waals surface area contributed by atoms with Crippen LogP contribution in [-0.4, -0.2) is 12.5 Å². The van der Waals surface area contributed by atoms with E-state index in [4.69, 9.17) is 23.1 Å². The highest BCUT2D eigenvalue weighted by atomic mass is 35.5. The zero-order valence-electron chi connectivity index (χ0n) is 11.3. The van der Waals surface area contributed by atoms with Gasteiger partial charge in [-0.15, -0.1) is 0 Å². The van der Waals surface area contributed by atoms with Crippen molar-refractivity contribution < 1.29 is 4.79 Å². The largest absolute Gasteiger partial charge is 0.399 e. The molecule has 104 valence electrons. The van der Waals surface area contributed by atoms with Crippen molar-refractivity contribution in [3.8, 4) is 0 Å². The second-order valence-corrected chi connectivity index (χ2v) is 6.07. The number of nitrogens with one attached hydrogen (secondary N) is 1. The Morgan fingerprint density at radius 2 is 2.11 bits per heavy atom. The van der Waals surface area contributed by atoms with Crippen LogP contribution in [0.15, 0.2) is 12.1 Å². The summed E-state index contributed by atoms with van der Waals surface area (Å²) < 4.78 is 0. The highest BCUT2D eigenvalue weighted by Gasteiger charge is 2.45. The Kier molecular flexibility index (Phi) is 3.63. The van der Waals surface area contributed by atoms with Crippen molar-refractivity contribution in [3.63, 3.8) is 0 Å². The Labute approximate surface area is 118 Å². The first kappa shape index (κ1) is 14.0. The van der Waals surface area contributed by atoms with Crippen molar-refractivity contribution in [3.05, 3.63) is 22.7 Å². The Morgan fingerprint density at radius 3 is 2.58 bits per heavy atom. The standard InChI is InChI=1S/C14H20ClN3O/c1-8(2)14(3-4-14)7-18-12-10(13(17)19)5-9(16)6-11(12)15/h5-6,8,18H,3-4,7,16H2,1-2H3,(H2,17,19). The summed E-state index contributed by atoms with van der Waals surface area (Å²) in [7, 11) is 0. The van der Waals surface area contributed by atoms with Crippen LogP contribution in [0.3, 0.4) is 0 Å². The third-order valence-electron chi connectivity index (χ3n) is 4.11. The molecule has 1 aliphatic carbocycles. The molecular formula is C14H20ClN3O. The molecule has 0 radical (unpaired) electrons. The summed E-state index contributed by atoms with van der Waals surface area (Å²) in [6.07, 6.45) is 2.41. The molecule has 19 heavy (non-hydrogen) atoms. The number of carbonyl (C=O) groups excluding carboxylic acids is 1. The van der Waals surface area contributed by atoms with Crippen molar-refractivity contribution in [2.24, 2.45) is 17.1 Å². The van der Waals surface area contributed by atoms with E-state index >= 15 is 0 Å². The number of primary amides is 1. The topological polar surface area (TPSA) is 81.1 Å². The Bertz CT molecular complexity index is 510. The van der Waals surface area contributed by atoms with Gasteiger partial charge in [0, 0.05) is 12.2 Å². The predicted molar refractivity (Wildman–Crippen MR) is 79.4 cm³/mol. The third kappa shape index (κ3) is 2.78. The van der Waals surface area contributed by atoms with Gasteiger partial charge < -0.3 is 16.8 Å². The van der Waals surface area contributed by atoms with Gasteiger partial charge in [-0.05, 0) is 36.3 Å². The molecule has 0 heterocycles. The van der Waals surface area contributed by atoms with E-state index in [0.717, 1.165) is 6.54 Å². The van der Waals surface area contributed by atoms with E-state index < -0.39 is 5.91 Å². The van der Waals surface area contributed by atoms with Gasteiger partial charge in [0.05, 0.1) is 16.3 Å². The molecule has 4 nitrogen and oxygen atoms in total. The van der Waals surface area contributed by atoms with Crippen LogP contribution in [0.25, 0.3) is 0 Å². The number of anilines is 2. The van der Waals surface area contributed by atoms with E-state index in [-0.39, 0.29) is 0 Å². The Balaban J connectivity index is 2.23. The molecule has 0 unspecified atom stereocenters. The molecule has 0 atom stereocenters. The summed E-state index contributed by atoms with van der Waals surface area (Å²) in [6, 6.07) is 3.19. The molecule has 2 rings (SSSR count). The molecule has 0 spiro atoms. The van der Waals surface area contributed by atoms with Crippen LogP contribution in [-0.2, 0) is 0 Å². The fourth-order valence-corrected chi connectivity index (χ4v) is 2.68. The van der Waals surface area contributed by atoms with Crippen LogP contribution < -0.4 is 16.8 Å². The number of benzene rings is 1. The molecule has 0 saturated heterocycles. The molecule has 1 amide bonds. The molecule has 1 aromatic rings. The second-order valence-electron chi connectivity index (χ2n) is 5.66. The zero-order valence-corrected chi connectivity index (χ0v) is 12.1. The lowest BCUT2D eigenvalue weighted by atomic mass is 9.92. The molecule has 0 aromatic heterocycles. The van der Waals surface area contributed by atoms with E-state index in [1.807, 2.05) is 0 Å². The first-order valence-electron chi connectivity index (χ1n) is 6.48. The number of halogens is 1. The van der Waals surface area contributed by atoms with Crippen LogP contribution in [0.1, 0.15) is 37.0 Å². The van der Waals surface area contributed by atoms with Gasteiger partial charge in [-0.25, -0.2) is 0 Å². The lowest BCUT2D eigenvalue weighted by Gasteiger charge is -2.22. The maximum absolute atomic E-state index is 11.5. The number of hydrogen-bond donors (Lipinski definition) is 3. The number of carbonyl (C=O) groups is 1. The van der Waals surface area contributed by atoms with Gasteiger partial charge in [0.15, 0.2) is 0 Å². The number of hydrogen-bond acceptors (Lipinski definition) is 3. The van der Waals surface area contributed by atoms with E-state index in [2.05, 4.69) is 19.2 Å². The number of nitrogens with two attached hydrogens (primary N) is 2. The SMILES string of the molecule is CC(C)C1(CNc2c(Cl)cc(N)cc2C(N)=O)CC1.